The number of methoxy groups -OCH3 is 2. The average Bonchev–Trinajstić information content (AvgIpc) is 3.18. The Morgan fingerprint density at radius 1 is 1.06 bits per heavy atom. The Balaban J connectivity index is 1.47. The normalized spacial score (nSPS) is 15.9. The molecule has 0 N–H and O–H groups in total. The first-order valence-electron chi connectivity index (χ1n) is 9.70. The van der Waals surface area contributed by atoms with Crippen LogP contribution in [0.4, 0.5) is 5.69 Å². The predicted octanol–water partition coefficient (Wildman–Crippen LogP) is 2.91. The van der Waals surface area contributed by atoms with Crippen molar-refractivity contribution < 1.29 is 28.2 Å². The van der Waals surface area contributed by atoms with Crippen LogP contribution in [0.2, 0.25) is 0 Å². The zero-order chi connectivity index (χ0) is 22.0. The molecule has 1 aliphatic rings. The van der Waals surface area contributed by atoms with Crippen LogP contribution in [0, 0.1) is 5.92 Å². The second-order valence-electron chi connectivity index (χ2n) is 7.17. The van der Waals surface area contributed by atoms with Gasteiger partial charge in [-0.25, -0.2) is 4.79 Å². The van der Waals surface area contributed by atoms with Crippen LogP contribution >= 0.6 is 0 Å². The highest BCUT2D eigenvalue weighted by molar-refractivity contribution is 5.99. The minimum absolute atomic E-state index is 0.0604. The number of esters is 1. The number of benzene rings is 2. The van der Waals surface area contributed by atoms with E-state index in [-0.39, 0.29) is 25.5 Å². The van der Waals surface area contributed by atoms with E-state index in [4.69, 9.17) is 18.6 Å². The fraction of sp³-hybridized carbons (Fsp3) is 0.261. The van der Waals surface area contributed by atoms with Gasteiger partial charge in [-0.2, -0.15) is 0 Å². The van der Waals surface area contributed by atoms with Gasteiger partial charge >= 0.3 is 11.6 Å². The van der Waals surface area contributed by atoms with Crippen molar-refractivity contribution in [3.8, 4) is 11.5 Å². The monoisotopic (exact) mass is 423 g/mol. The Labute approximate surface area is 177 Å². The minimum Gasteiger partial charge on any atom is -0.497 e. The van der Waals surface area contributed by atoms with Crippen molar-refractivity contribution in [2.75, 3.05) is 25.7 Å². The largest absolute Gasteiger partial charge is 0.497 e. The van der Waals surface area contributed by atoms with Gasteiger partial charge in [0.15, 0.2) is 0 Å². The summed E-state index contributed by atoms with van der Waals surface area (Å²) in [5.74, 6) is -0.0680. The Hall–Kier alpha value is -3.81. The number of anilines is 1. The molecule has 8 heteroatoms. The molecule has 1 fully saturated rings. The molecule has 1 unspecified atom stereocenters. The van der Waals surface area contributed by atoms with Crippen molar-refractivity contribution >= 4 is 28.5 Å². The SMILES string of the molecule is COc1cccc(N2CC(C(=O)OCc3cc(=O)oc4cc(OC)ccc34)CC2=O)c1. The van der Waals surface area contributed by atoms with E-state index in [1.54, 1.807) is 54.5 Å². The second kappa shape index (κ2) is 8.51. The fourth-order valence-electron chi connectivity index (χ4n) is 3.62. The van der Waals surface area contributed by atoms with Crippen LogP contribution in [0.3, 0.4) is 0 Å². The first-order valence-corrected chi connectivity index (χ1v) is 9.70. The van der Waals surface area contributed by atoms with Crippen molar-refractivity contribution in [3.05, 3.63) is 64.5 Å². The maximum Gasteiger partial charge on any atom is 0.336 e. The number of carbonyl (C=O) groups is 2. The summed E-state index contributed by atoms with van der Waals surface area (Å²) < 4.78 is 21.0. The lowest BCUT2D eigenvalue weighted by molar-refractivity contribution is -0.149. The van der Waals surface area contributed by atoms with Gasteiger partial charge in [0.25, 0.3) is 0 Å². The zero-order valence-electron chi connectivity index (χ0n) is 17.1. The molecule has 1 atom stereocenters. The maximum absolute atomic E-state index is 12.6. The number of hydrogen-bond donors (Lipinski definition) is 0. The lowest BCUT2D eigenvalue weighted by Gasteiger charge is -2.17. The summed E-state index contributed by atoms with van der Waals surface area (Å²) in [4.78, 5) is 38.5. The first kappa shape index (κ1) is 20.5. The highest BCUT2D eigenvalue weighted by Gasteiger charge is 2.36. The van der Waals surface area contributed by atoms with Gasteiger partial charge in [0.2, 0.25) is 5.91 Å². The number of amides is 1. The van der Waals surface area contributed by atoms with Gasteiger partial charge in [0.05, 0.1) is 20.1 Å². The molecule has 2 aromatic carbocycles. The van der Waals surface area contributed by atoms with E-state index in [2.05, 4.69) is 0 Å². The van der Waals surface area contributed by atoms with Crippen LogP contribution in [0.1, 0.15) is 12.0 Å². The number of ether oxygens (including phenoxy) is 3. The summed E-state index contributed by atoms with van der Waals surface area (Å²) in [6.07, 6.45) is 0.0604. The summed E-state index contributed by atoms with van der Waals surface area (Å²) in [5, 5.41) is 0.647. The molecule has 3 aromatic rings. The third kappa shape index (κ3) is 4.23. The zero-order valence-corrected chi connectivity index (χ0v) is 17.1. The number of carbonyl (C=O) groups excluding carboxylic acids is 2. The number of hydrogen-bond acceptors (Lipinski definition) is 7. The Morgan fingerprint density at radius 3 is 2.61 bits per heavy atom. The highest BCUT2D eigenvalue weighted by Crippen LogP contribution is 2.29. The Morgan fingerprint density at radius 2 is 1.84 bits per heavy atom. The van der Waals surface area contributed by atoms with E-state index in [0.29, 0.717) is 33.7 Å². The molecule has 31 heavy (non-hydrogen) atoms. The topological polar surface area (TPSA) is 95.3 Å². The van der Waals surface area contributed by atoms with Crippen LogP contribution in [0.15, 0.2) is 57.7 Å². The van der Waals surface area contributed by atoms with Gasteiger partial charge < -0.3 is 23.5 Å². The summed E-state index contributed by atoms with van der Waals surface area (Å²) in [6, 6.07) is 13.5. The van der Waals surface area contributed by atoms with Gasteiger partial charge in [-0.15, -0.1) is 0 Å². The van der Waals surface area contributed by atoms with Crippen molar-refractivity contribution in [2.24, 2.45) is 5.92 Å². The van der Waals surface area contributed by atoms with E-state index in [1.807, 2.05) is 0 Å². The highest BCUT2D eigenvalue weighted by atomic mass is 16.5. The van der Waals surface area contributed by atoms with Gasteiger partial charge in [0, 0.05) is 47.8 Å². The Bertz CT molecular complexity index is 1200. The van der Waals surface area contributed by atoms with Gasteiger partial charge in [-0.05, 0) is 24.3 Å². The molecule has 0 saturated carbocycles. The molecule has 0 radical (unpaired) electrons. The van der Waals surface area contributed by atoms with Crippen molar-refractivity contribution in [1.29, 1.82) is 0 Å². The van der Waals surface area contributed by atoms with Crippen LogP contribution < -0.4 is 20.0 Å². The van der Waals surface area contributed by atoms with Crippen molar-refractivity contribution in [1.82, 2.24) is 0 Å². The van der Waals surface area contributed by atoms with E-state index < -0.39 is 17.5 Å². The summed E-state index contributed by atoms with van der Waals surface area (Å²) >= 11 is 0. The molecular weight excluding hydrogens is 402 g/mol. The molecule has 160 valence electrons. The third-order valence-corrected chi connectivity index (χ3v) is 5.23. The smallest absolute Gasteiger partial charge is 0.336 e. The van der Waals surface area contributed by atoms with Crippen LogP contribution in [0.25, 0.3) is 11.0 Å². The molecule has 4 rings (SSSR count). The fourth-order valence-corrected chi connectivity index (χ4v) is 3.62. The summed E-state index contributed by atoms with van der Waals surface area (Å²) in [5.41, 5.74) is 0.988. The molecule has 1 saturated heterocycles. The van der Waals surface area contributed by atoms with Gasteiger partial charge in [0.1, 0.15) is 23.7 Å². The quantitative estimate of drug-likeness (QED) is 0.444. The van der Waals surface area contributed by atoms with Crippen LogP contribution in [-0.4, -0.2) is 32.6 Å². The summed E-state index contributed by atoms with van der Waals surface area (Å²) in [6.45, 7) is 0.122. The van der Waals surface area contributed by atoms with Gasteiger partial charge in [-0.1, -0.05) is 6.07 Å². The van der Waals surface area contributed by atoms with Crippen molar-refractivity contribution in [2.45, 2.75) is 13.0 Å². The number of nitrogens with zero attached hydrogens (tertiary/aromatic N) is 1. The van der Waals surface area contributed by atoms with E-state index in [9.17, 15) is 14.4 Å². The van der Waals surface area contributed by atoms with Crippen LogP contribution in [0.5, 0.6) is 11.5 Å². The van der Waals surface area contributed by atoms with E-state index in [1.165, 1.54) is 13.2 Å². The Kier molecular flexibility index (Phi) is 5.62. The van der Waals surface area contributed by atoms with E-state index in [0.717, 1.165) is 0 Å². The number of rotatable bonds is 6. The minimum atomic E-state index is -0.592. The lowest BCUT2D eigenvalue weighted by Crippen LogP contribution is -2.26. The van der Waals surface area contributed by atoms with Gasteiger partial charge in [-0.3, -0.25) is 9.59 Å². The predicted molar refractivity (Wildman–Crippen MR) is 112 cm³/mol. The number of fused-ring (bicyclic) bond motifs is 1. The average molecular weight is 423 g/mol. The molecule has 0 aliphatic carbocycles. The third-order valence-electron chi connectivity index (χ3n) is 5.23. The molecule has 0 spiro atoms. The van der Waals surface area contributed by atoms with E-state index >= 15 is 0 Å². The molecule has 0 bridgehead atoms. The first-order chi connectivity index (χ1) is 15.0. The lowest BCUT2D eigenvalue weighted by atomic mass is 10.1. The summed E-state index contributed by atoms with van der Waals surface area (Å²) in [7, 11) is 3.07. The molecule has 2 heterocycles. The molecular formula is C23H21NO7. The molecule has 8 nitrogen and oxygen atoms in total. The van der Waals surface area contributed by atoms with Crippen LogP contribution in [-0.2, 0) is 20.9 Å². The molecule has 1 aliphatic heterocycles. The molecule has 1 amide bonds. The maximum atomic E-state index is 12.6. The van der Waals surface area contributed by atoms with Crippen molar-refractivity contribution in [3.63, 3.8) is 0 Å². The second-order valence-corrected chi connectivity index (χ2v) is 7.17. The molecule has 1 aromatic heterocycles. The standard InChI is InChI=1S/C23H21NO7/c1-28-17-5-3-4-16(10-17)24-12-14(8-21(24)25)23(27)30-13-15-9-22(26)31-20-11-18(29-2)6-7-19(15)20/h3-7,9-11,14H,8,12-13H2,1-2H3.